The molecular weight excluding hydrogens is 304 g/mol. The Labute approximate surface area is 120 Å². The number of esters is 1. The van der Waals surface area contributed by atoms with Gasteiger partial charge in [0.25, 0.3) is 0 Å². The number of halogens is 1. The first-order valence-corrected chi connectivity index (χ1v) is 6.68. The molecule has 0 aromatic heterocycles. The van der Waals surface area contributed by atoms with Crippen molar-refractivity contribution in [3.8, 4) is 0 Å². The van der Waals surface area contributed by atoms with E-state index in [4.69, 9.17) is 4.74 Å². The van der Waals surface area contributed by atoms with Gasteiger partial charge < -0.3 is 4.74 Å². The van der Waals surface area contributed by atoms with Gasteiger partial charge in [0.2, 0.25) is 0 Å². The van der Waals surface area contributed by atoms with Crippen LogP contribution < -0.4 is 0 Å². The summed E-state index contributed by atoms with van der Waals surface area (Å²) in [6, 6.07) is 17.3. The molecule has 2 nitrogen and oxygen atoms in total. The van der Waals surface area contributed by atoms with Gasteiger partial charge in [-0.25, -0.2) is 4.79 Å². The van der Waals surface area contributed by atoms with E-state index in [2.05, 4.69) is 15.9 Å². The van der Waals surface area contributed by atoms with Crippen LogP contribution >= 0.6 is 15.9 Å². The monoisotopic (exact) mass is 316 g/mol. The zero-order valence-electron chi connectivity index (χ0n) is 10.3. The molecule has 0 amide bonds. The largest absolute Gasteiger partial charge is 0.458 e. The van der Waals surface area contributed by atoms with Crippen molar-refractivity contribution in [2.24, 2.45) is 0 Å². The van der Waals surface area contributed by atoms with Crippen molar-refractivity contribution in [1.29, 1.82) is 0 Å². The van der Waals surface area contributed by atoms with E-state index in [-0.39, 0.29) is 5.97 Å². The average molecular weight is 317 g/mol. The fourth-order valence-electron chi connectivity index (χ4n) is 1.55. The van der Waals surface area contributed by atoms with Crippen molar-refractivity contribution >= 4 is 28.0 Å². The number of ether oxygens (including phenoxy) is 1. The first kappa shape index (κ1) is 13.6. The molecule has 0 spiro atoms. The Morgan fingerprint density at radius 3 is 2.63 bits per heavy atom. The van der Waals surface area contributed by atoms with E-state index in [1.54, 1.807) is 6.08 Å². The summed E-state index contributed by atoms with van der Waals surface area (Å²) in [5.41, 5.74) is 1.93. The maximum Gasteiger partial charge on any atom is 0.331 e. The summed E-state index contributed by atoms with van der Waals surface area (Å²) in [5.74, 6) is -0.344. The van der Waals surface area contributed by atoms with Crippen LogP contribution in [0.5, 0.6) is 0 Å². The molecule has 0 fully saturated rings. The summed E-state index contributed by atoms with van der Waals surface area (Å²) >= 11 is 3.38. The van der Waals surface area contributed by atoms with E-state index in [1.165, 1.54) is 6.08 Å². The predicted molar refractivity (Wildman–Crippen MR) is 79.4 cm³/mol. The molecule has 0 heterocycles. The van der Waals surface area contributed by atoms with E-state index in [0.717, 1.165) is 15.6 Å². The van der Waals surface area contributed by atoms with Gasteiger partial charge in [0.1, 0.15) is 6.61 Å². The molecule has 0 saturated carbocycles. The minimum Gasteiger partial charge on any atom is -0.458 e. The summed E-state index contributed by atoms with van der Waals surface area (Å²) in [7, 11) is 0. The molecule has 0 atom stereocenters. The maximum absolute atomic E-state index is 11.6. The molecule has 0 aliphatic rings. The van der Waals surface area contributed by atoms with Gasteiger partial charge in [-0.15, -0.1) is 0 Å². The second-order valence-electron chi connectivity index (χ2n) is 3.98. The Balaban J connectivity index is 1.88. The lowest BCUT2D eigenvalue weighted by molar-refractivity contribution is -0.138. The number of carbonyl (C=O) groups excluding carboxylic acids is 1. The maximum atomic E-state index is 11.6. The van der Waals surface area contributed by atoms with E-state index >= 15 is 0 Å². The number of hydrogen-bond donors (Lipinski definition) is 0. The molecule has 0 aliphatic carbocycles. The normalized spacial score (nSPS) is 10.6. The molecule has 0 radical (unpaired) electrons. The van der Waals surface area contributed by atoms with Crippen LogP contribution in [0, 0.1) is 0 Å². The third kappa shape index (κ3) is 4.72. The fourth-order valence-corrected chi connectivity index (χ4v) is 1.97. The first-order valence-electron chi connectivity index (χ1n) is 5.88. The van der Waals surface area contributed by atoms with Crippen LogP contribution in [-0.4, -0.2) is 5.97 Å². The van der Waals surface area contributed by atoms with Crippen molar-refractivity contribution in [3.05, 3.63) is 76.3 Å². The highest BCUT2D eigenvalue weighted by Gasteiger charge is 1.98. The minimum atomic E-state index is -0.344. The molecule has 3 heteroatoms. The van der Waals surface area contributed by atoms with E-state index in [9.17, 15) is 4.79 Å². The quantitative estimate of drug-likeness (QED) is 0.624. The summed E-state index contributed by atoms with van der Waals surface area (Å²) in [6.07, 6.45) is 3.17. The van der Waals surface area contributed by atoms with Crippen molar-refractivity contribution in [2.75, 3.05) is 0 Å². The van der Waals surface area contributed by atoms with Gasteiger partial charge in [-0.2, -0.15) is 0 Å². The lowest BCUT2D eigenvalue weighted by Crippen LogP contribution is -2.00. The molecule has 2 aromatic rings. The molecule has 0 bridgehead atoms. The Bertz CT molecular complexity index is 576. The third-order valence-electron chi connectivity index (χ3n) is 2.48. The van der Waals surface area contributed by atoms with Crippen LogP contribution in [0.1, 0.15) is 11.1 Å². The summed E-state index contributed by atoms with van der Waals surface area (Å²) < 4.78 is 6.12. The SMILES string of the molecule is O=C(C=Cc1cccc(Br)c1)OCc1ccccc1. The van der Waals surface area contributed by atoms with Crippen molar-refractivity contribution in [1.82, 2.24) is 0 Å². The van der Waals surface area contributed by atoms with Crippen molar-refractivity contribution in [2.45, 2.75) is 6.61 Å². The van der Waals surface area contributed by atoms with Crippen LogP contribution in [0.2, 0.25) is 0 Å². The van der Waals surface area contributed by atoms with Crippen LogP contribution in [-0.2, 0) is 16.1 Å². The summed E-state index contributed by atoms with van der Waals surface area (Å²) in [5, 5.41) is 0. The topological polar surface area (TPSA) is 26.3 Å². The molecule has 0 unspecified atom stereocenters. The van der Waals surface area contributed by atoms with Crippen LogP contribution in [0.25, 0.3) is 6.08 Å². The number of rotatable bonds is 4. The van der Waals surface area contributed by atoms with Crippen LogP contribution in [0.4, 0.5) is 0 Å². The third-order valence-corrected chi connectivity index (χ3v) is 2.98. The number of hydrogen-bond acceptors (Lipinski definition) is 2. The number of benzene rings is 2. The highest BCUT2D eigenvalue weighted by molar-refractivity contribution is 9.10. The van der Waals surface area contributed by atoms with Gasteiger partial charge in [0.05, 0.1) is 0 Å². The Hall–Kier alpha value is -1.87. The van der Waals surface area contributed by atoms with Crippen LogP contribution in [0.3, 0.4) is 0 Å². The molecular formula is C16H13BrO2. The Morgan fingerprint density at radius 2 is 1.89 bits per heavy atom. The number of carbonyl (C=O) groups is 1. The summed E-state index contributed by atoms with van der Waals surface area (Å²) in [6.45, 7) is 0.294. The smallest absolute Gasteiger partial charge is 0.331 e. The highest BCUT2D eigenvalue weighted by atomic mass is 79.9. The Kier molecular flexibility index (Phi) is 4.93. The Morgan fingerprint density at radius 1 is 1.11 bits per heavy atom. The van der Waals surface area contributed by atoms with E-state index in [1.807, 2.05) is 54.6 Å². The van der Waals surface area contributed by atoms with E-state index in [0.29, 0.717) is 6.61 Å². The summed E-state index contributed by atoms with van der Waals surface area (Å²) in [4.78, 5) is 11.6. The second kappa shape index (κ2) is 6.90. The van der Waals surface area contributed by atoms with Gasteiger partial charge in [0.15, 0.2) is 0 Å². The van der Waals surface area contributed by atoms with Crippen LogP contribution in [0.15, 0.2) is 65.1 Å². The molecule has 96 valence electrons. The molecule has 2 rings (SSSR count). The average Bonchev–Trinajstić information content (AvgIpc) is 2.44. The zero-order chi connectivity index (χ0) is 13.5. The molecule has 2 aromatic carbocycles. The predicted octanol–water partition coefficient (Wildman–Crippen LogP) is 4.21. The second-order valence-corrected chi connectivity index (χ2v) is 4.90. The zero-order valence-corrected chi connectivity index (χ0v) is 11.8. The molecule has 0 N–H and O–H groups in total. The van der Waals surface area contributed by atoms with Gasteiger partial charge >= 0.3 is 5.97 Å². The lowest BCUT2D eigenvalue weighted by atomic mass is 10.2. The van der Waals surface area contributed by atoms with Gasteiger partial charge in [-0.05, 0) is 29.3 Å². The standard InChI is InChI=1S/C16H13BrO2/c17-15-8-4-7-13(11-15)9-10-16(18)19-12-14-5-2-1-3-6-14/h1-11H,12H2. The van der Waals surface area contributed by atoms with Gasteiger partial charge in [-0.1, -0.05) is 58.4 Å². The van der Waals surface area contributed by atoms with Crippen molar-refractivity contribution in [3.63, 3.8) is 0 Å². The molecule has 19 heavy (non-hydrogen) atoms. The van der Waals surface area contributed by atoms with E-state index < -0.39 is 0 Å². The van der Waals surface area contributed by atoms with Gasteiger partial charge in [-0.3, -0.25) is 0 Å². The minimum absolute atomic E-state index is 0.294. The fraction of sp³-hybridized carbons (Fsp3) is 0.0625. The van der Waals surface area contributed by atoms with Crippen molar-refractivity contribution < 1.29 is 9.53 Å². The first-order chi connectivity index (χ1) is 9.24. The molecule has 0 aliphatic heterocycles. The molecule has 0 saturated heterocycles. The highest BCUT2D eigenvalue weighted by Crippen LogP contribution is 2.12. The lowest BCUT2D eigenvalue weighted by Gasteiger charge is -2.01. The van der Waals surface area contributed by atoms with Gasteiger partial charge in [0, 0.05) is 10.5 Å².